The number of hydrogen-bond acceptors (Lipinski definition) is 6. The molecule has 2 aromatic rings. The summed E-state index contributed by atoms with van der Waals surface area (Å²) < 4.78 is 10.7. The van der Waals surface area contributed by atoms with E-state index in [9.17, 15) is 9.59 Å². The summed E-state index contributed by atoms with van der Waals surface area (Å²) in [5, 5.41) is 13.3. The van der Waals surface area contributed by atoms with Gasteiger partial charge in [-0.3, -0.25) is 9.59 Å². The Balaban J connectivity index is 1.63. The standard InChI is InChI=1S/C21H26N4O4/c1-12-20(13(2)29-25-12)14-3-4-16(22-15-7-9-28-10-8-15)18(11-14)24-21(27)17-5-6-19(26)23-17/h3-4,11,15,17,22H,5-10H2,1-2H3,(H,23,26)(H,24,27)/t17-/m0/s1. The molecule has 154 valence electrons. The molecule has 3 N–H and O–H groups in total. The Bertz CT molecular complexity index is 898. The number of aryl methyl sites for hydroxylation is 2. The predicted octanol–water partition coefficient (Wildman–Crippen LogP) is 2.77. The van der Waals surface area contributed by atoms with Gasteiger partial charge in [-0.05, 0) is 50.8 Å². The Hall–Kier alpha value is -2.87. The minimum Gasteiger partial charge on any atom is -0.381 e. The van der Waals surface area contributed by atoms with Crippen molar-refractivity contribution >= 4 is 23.2 Å². The van der Waals surface area contributed by atoms with Crippen molar-refractivity contribution in [2.45, 2.75) is 51.6 Å². The molecule has 3 heterocycles. The van der Waals surface area contributed by atoms with E-state index in [-0.39, 0.29) is 17.9 Å². The number of nitrogens with zero attached hydrogens (tertiary/aromatic N) is 1. The van der Waals surface area contributed by atoms with Crippen LogP contribution in [0.1, 0.15) is 37.1 Å². The maximum absolute atomic E-state index is 12.7. The monoisotopic (exact) mass is 398 g/mol. The van der Waals surface area contributed by atoms with Crippen LogP contribution in [0, 0.1) is 13.8 Å². The topological polar surface area (TPSA) is 105 Å². The third-order valence-electron chi connectivity index (χ3n) is 5.49. The highest BCUT2D eigenvalue weighted by Gasteiger charge is 2.28. The number of amides is 2. The first-order valence-corrected chi connectivity index (χ1v) is 10.0. The zero-order valence-corrected chi connectivity index (χ0v) is 16.7. The van der Waals surface area contributed by atoms with E-state index >= 15 is 0 Å². The Morgan fingerprint density at radius 2 is 1.97 bits per heavy atom. The number of carbonyl (C=O) groups is 2. The lowest BCUT2D eigenvalue weighted by Crippen LogP contribution is -2.37. The zero-order valence-electron chi connectivity index (χ0n) is 16.7. The molecule has 2 aliphatic rings. The van der Waals surface area contributed by atoms with Crippen LogP contribution in [0.3, 0.4) is 0 Å². The summed E-state index contributed by atoms with van der Waals surface area (Å²) in [5.41, 5.74) is 4.18. The minimum absolute atomic E-state index is 0.0878. The van der Waals surface area contributed by atoms with E-state index in [2.05, 4.69) is 21.1 Å². The second-order valence-corrected chi connectivity index (χ2v) is 7.64. The average molecular weight is 398 g/mol. The Morgan fingerprint density at radius 1 is 1.17 bits per heavy atom. The van der Waals surface area contributed by atoms with Crippen LogP contribution < -0.4 is 16.0 Å². The SMILES string of the molecule is Cc1noc(C)c1-c1ccc(NC2CCOCC2)c(NC(=O)[C@@H]2CCC(=O)N2)c1. The number of ether oxygens (including phenoxy) is 1. The summed E-state index contributed by atoms with van der Waals surface area (Å²) in [5.74, 6) is 0.435. The van der Waals surface area contributed by atoms with E-state index in [0.29, 0.717) is 18.5 Å². The molecule has 8 nitrogen and oxygen atoms in total. The fraction of sp³-hybridized carbons (Fsp3) is 0.476. The number of rotatable bonds is 5. The van der Waals surface area contributed by atoms with Gasteiger partial charge < -0.3 is 25.2 Å². The predicted molar refractivity (Wildman–Crippen MR) is 109 cm³/mol. The molecule has 2 fully saturated rings. The third kappa shape index (κ3) is 4.27. The molecule has 2 amide bonds. The fourth-order valence-electron chi connectivity index (χ4n) is 3.92. The highest BCUT2D eigenvalue weighted by molar-refractivity contribution is 6.01. The highest BCUT2D eigenvalue weighted by atomic mass is 16.5. The molecule has 1 aromatic heterocycles. The normalized spacial score (nSPS) is 19.8. The Labute approximate surface area is 169 Å². The van der Waals surface area contributed by atoms with Crippen molar-refractivity contribution in [2.24, 2.45) is 0 Å². The third-order valence-corrected chi connectivity index (χ3v) is 5.49. The zero-order chi connectivity index (χ0) is 20.4. The van der Waals surface area contributed by atoms with Crippen molar-refractivity contribution in [2.75, 3.05) is 23.8 Å². The van der Waals surface area contributed by atoms with Gasteiger partial charge in [0.25, 0.3) is 0 Å². The summed E-state index contributed by atoms with van der Waals surface area (Å²) in [7, 11) is 0. The summed E-state index contributed by atoms with van der Waals surface area (Å²) in [6.45, 7) is 5.22. The number of benzene rings is 1. The molecular weight excluding hydrogens is 372 g/mol. The van der Waals surface area contributed by atoms with E-state index in [4.69, 9.17) is 9.26 Å². The van der Waals surface area contributed by atoms with E-state index in [1.807, 2.05) is 32.0 Å². The van der Waals surface area contributed by atoms with Gasteiger partial charge in [-0.2, -0.15) is 0 Å². The van der Waals surface area contributed by atoms with Gasteiger partial charge in [0.05, 0.1) is 17.1 Å². The van der Waals surface area contributed by atoms with Crippen molar-refractivity contribution in [1.82, 2.24) is 10.5 Å². The largest absolute Gasteiger partial charge is 0.381 e. The summed E-state index contributed by atoms with van der Waals surface area (Å²) in [6.07, 6.45) is 2.72. The number of aromatic nitrogens is 1. The number of carbonyl (C=O) groups excluding carboxylic acids is 2. The van der Waals surface area contributed by atoms with Crippen LogP contribution in [0.15, 0.2) is 22.7 Å². The van der Waals surface area contributed by atoms with Gasteiger partial charge in [0.2, 0.25) is 11.8 Å². The quantitative estimate of drug-likeness (QED) is 0.715. The van der Waals surface area contributed by atoms with E-state index in [0.717, 1.165) is 54.3 Å². The summed E-state index contributed by atoms with van der Waals surface area (Å²) in [6, 6.07) is 5.69. The van der Waals surface area contributed by atoms with E-state index in [1.165, 1.54) is 0 Å². The van der Waals surface area contributed by atoms with Crippen LogP contribution in [-0.2, 0) is 14.3 Å². The molecule has 4 rings (SSSR count). The fourth-order valence-corrected chi connectivity index (χ4v) is 3.92. The lowest BCUT2D eigenvalue weighted by atomic mass is 10.0. The molecule has 0 spiro atoms. The van der Waals surface area contributed by atoms with E-state index in [1.54, 1.807) is 0 Å². The van der Waals surface area contributed by atoms with Crippen LogP contribution in [-0.4, -0.2) is 42.3 Å². The second-order valence-electron chi connectivity index (χ2n) is 7.64. The average Bonchev–Trinajstić information content (AvgIpc) is 3.29. The number of nitrogens with one attached hydrogen (secondary N) is 3. The van der Waals surface area contributed by atoms with Gasteiger partial charge in [0.1, 0.15) is 11.8 Å². The molecule has 1 aromatic carbocycles. The molecule has 0 bridgehead atoms. The molecule has 8 heteroatoms. The maximum atomic E-state index is 12.7. The molecule has 0 saturated carbocycles. The van der Waals surface area contributed by atoms with Crippen molar-refractivity contribution in [3.05, 3.63) is 29.7 Å². The Kier molecular flexibility index (Phi) is 5.53. The molecule has 2 saturated heterocycles. The highest BCUT2D eigenvalue weighted by Crippen LogP contribution is 2.34. The lowest BCUT2D eigenvalue weighted by Gasteiger charge is -2.26. The van der Waals surface area contributed by atoms with Crippen molar-refractivity contribution in [1.29, 1.82) is 0 Å². The number of anilines is 2. The molecule has 29 heavy (non-hydrogen) atoms. The van der Waals surface area contributed by atoms with Crippen LogP contribution in [0.5, 0.6) is 0 Å². The first kappa shape index (κ1) is 19.4. The molecule has 0 radical (unpaired) electrons. The van der Waals surface area contributed by atoms with Gasteiger partial charge in [-0.1, -0.05) is 11.2 Å². The summed E-state index contributed by atoms with van der Waals surface area (Å²) in [4.78, 5) is 24.2. The molecule has 0 unspecified atom stereocenters. The number of hydrogen-bond donors (Lipinski definition) is 3. The van der Waals surface area contributed by atoms with Crippen LogP contribution in [0.2, 0.25) is 0 Å². The van der Waals surface area contributed by atoms with Crippen molar-refractivity contribution < 1.29 is 18.8 Å². The summed E-state index contributed by atoms with van der Waals surface area (Å²) >= 11 is 0. The maximum Gasteiger partial charge on any atom is 0.247 e. The van der Waals surface area contributed by atoms with Gasteiger partial charge in [-0.15, -0.1) is 0 Å². The first-order chi connectivity index (χ1) is 14.0. The smallest absolute Gasteiger partial charge is 0.247 e. The first-order valence-electron chi connectivity index (χ1n) is 10.0. The second kappa shape index (κ2) is 8.24. The van der Waals surface area contributed by atoms with Crippen LogP contribution in [0.4, 0.5) is 11.4 Å². The lowest BCUT2D eigenvalue weighted by molar-refractivity contribution is -0.122. The van der Waals surface area contributed by atoms with E-state index < -0.39 is 6.04 Å². The van der Waals surface area contributed by atoms with Gasteiger partial charge in [-0.25, -0.2) is 0 Å². The molecule has 1 atom stereocenters. The van der Waals surface area contributed by atoms with Crippen molar-refractivity contribution in [3.63, 3.8) is 0 Å². The van der Waals surface area contributed by atoms with Gasteiger partial charge in [0.15, 0.2) is 0 Å². The van der Waals surface area contributed by atoms with Crippen LogP contribution >= 0.6 is 0 Å². The Morgan fingerprint density at radius 3 is 2.62 bits per heavy atom. The minimum atomic E-state index is -0.499. The molecule has 2 aliphatic heterocycles. The van der Waals surface area contributed by atoms with Gasteiger partial charge >= 0.3 is 0 Å². The van der Waals surface area contributed by atoms with Crippen molar-refractivity contribution in [3.8, 4) is 11.1 Å². The van der Waals surface area contributed by atoms with Crippen LogP contribution in [0.25, 0.3) is 11.1 Å². The molecule has 0 aliphatic carbocycles. The van der Waals surface area contributed by atoms with Gasteiger partial charge in [0, 0.05) is 31.2 Å². The molecular formula is C21H26N4O4.